The number of hydrogen-bond donors (Lipinski definition) is 1. The minimum absolute atomic E-state index is 0.0882. The summed E-state index contributed by atoms with van der Waals surface area (Å²) >= 11 is 0. The maximum Gasteiger partial charge on any atom is 0.119 e. The van der Waals surface area contributed by atoms with Crippen molar-refractivity contribution in [3.05, 3.63) is 29.8 Å². The van der Waals surface area contributed by atoms with Gasteiger partial charge in [0, 0.05) is 11.6 Å². The van der Waals surface area contributed by atoms with Crippen LogP contribution in [-0.4, -0.2) is 35.2 Å². The van der Waals surface area contributed by atoms with Gasteiger partial charge in [-0.25, -0.2) is 0 Å². The van der Waals surface area contributed by atoms with Crippen molar-refractivity contribution in [1.29, 1.82) is 0 Å². The van der Waals surface area contributed by atoms with Crippen molar-refractivity contribution in [2.75, 3.05) is 13.7 Å². The van der Waals surface area contributed by atoms with Crippen LogP contribution in [0.25, 0.3) is 0 Å². The number of aliphatic hydroxyl groups is 1. The van der Waals surface area contributed by atoms with Crippen molar-refractivity contribution in [2.45, 2.75) is 57.7 Å². The highest BCUT2D eigenvalue weighted by atomic mass is 16.5. The van der Waals surface area contributed by atoms with Crippen LogP contribution in [0.2, 0.25) is 0 Å². The molecule has 1 N–H and O–H groups in total. The summed E-state index contributed by atoms with van der Waals surface area (Å²) in [5.74, 6) is 0.805. The summed E-state index contributed by atoms with van der Waals surface area (Å²) in [6, 6.07) is 7.99. The fraction of sp³-hybridized carbons (Fsp3) is 0.647. The van der Waals surface area contributed by atoms with Crippen LogP contribution in [-0.2, 0) is 0 Å². The Morgan fingerprint density at radius 3 is 2.70 bits per heavy atom. The first-order chi connectivity index (χ1) is 9.43. The molecule has 1 aliphatic heterocycles. The van der Waals surface area contributed by atoms with Gasteiger partial charge in [-0.2, -0.15) is 0 Å². The molecule has 0 bridgehead atoms. The van der Waals surface area contributed by atoms with Crippen LogP contribution in [0.5, 0.6) is 5.75 Å². The Morgan fingerprint density at radius 2 is 2.05 bits per heavy atom. The molecule has 1 aromatic rings. The minimum atomic E-state index is -0.454. The van der Waals surface area contributed by atoms with Crippen molar-refractivity contribution in [1.82, 2.24) is 4.90 Å². The van der Waals surface area contributed by atoms with Crippen molar-refractivity contribution in [3.8, 4) is 5.75 Å². The Morgan fingerprint density at radius 1 is 1.30 bits per heavy atom. The van der Waals surface area contributed by atoms with Gasteiger partial charge in [0.15, 0.2) is 0 Å². The molecule has 0 amide bonds. The molecule has 0 aromatic heterocycles. The highest BCUT2D eigenvalue weighted by molar-refractivity contribution is 5.30. The second-order valence-electron chi connectivity index (χ2n) is 6.65. The Labute approximate surface area is 122 Å². The van der Waals surface area contributed by atoms with Crippen LogP contribution in [0.4, 0.5) is 0 Å². The van der Waals surface area contributed by atoms with Gasteiger partial charge in [0.2, 0.25) is 0 Å². The SMILES string of the molecule is COc1cccc(C(O)C2CCCCN2C(C)(C)C)c1. The van der Waals surface area contributed by atoms with E-state index in [1.807, 2.05) is 24.3 Å². The third kappa shape index (κ3) is 3.33. The van der Waals surface area contributed by atoms with Crippen LogP contribution in [0.3, 0.4) is 0 Å². The molecule has 3 heteroatoms. The molecule has 1 aromatic carbocycles. The van der Waals surface area contributed by atoms with Crippen LogP contribution in [0, 0.1) is 0 Å². The molecule has 0 aliphatic carbocycles. The van der Waals surface area contributed by atoms with Gasteiger partial charge in [-0.3, -0.25) is 4.90 Å². The molecule has 20 heavy (non-hydrogen) atoms. The molecule has 1 aliphatic rings. The van der Waals surface area contributed by atoms with Crippen molar-refractivity contribution >= 4 is 0 Å². The number of benzene rings is 1. The molecule has 2 rings (SSSR count). The van der Waals surface area contributed by atoms with Crippen LogP contribution in [0.1, 0.15) is 51.7 Å². The maximum atomic E-state index is 10.8. The van der Waals surface area contributed by atoms with Gasteiger partial charge in [0.25, 0.3) is 0 Å². The third-order valence-electron chi connectivity index (χ3n) is 4.21. The number of aliphatic hydroxyl groups excluding tert-OH is 1. The zero-order chi connectivity index (χ0) is 14.8. The van der Waals surface area contributed by atoms with Gasteiger partial charge < -0.3 is 9.84 Å². The van der Waals surface area contributed by atoms with Gasteiger partial charge >= 0.3 is 0 Å². The first-order valence-corrected chi connectivity index (χ1v) is 7.52. The van der Waals surface area contributed by atoms with Crippen molar-refractivity contribution in [2.24, 2.45) is 0 Å². The second kappa shape index (κ2) is 6.15. The van der Waals surface area contributed by atoms with E-state index in [-0.39, 0.29) is 11.6 Å². The van der Waals surface area contributed by atoms with Crippen LogP contribution in [0.15, 0.2) is 24.3 Å². The lowest BCUT2D eigenvalue weighted by Crippen LogP contribution is -2.52. The van der Waals surface area contributed by atoms with E-state index in [0.29, 0.717) is 0 Å². The summed E-state index contributed by atoms with van der Waals surface area (Å²) < 4.78 is 5.26. The van der Waals surface area contributed by atoms with Gasteiger partial charge in [0.05, 0.1) is 13.2 Å². The molecule has 0 radical (unpaired) electrons. The number of likely N-dealkylation sites (tertiary alicyclic amines) is 1. The zero-order valence-corrected chi connectivity index (χ0v) is 13.1. The highest BCUT2D eigenvalue weighted by Crippen LogP contribution is 2.34. The minimum Gasteiger partial charge on any atom is -0.497 e. The lowest BCUT2D eigenvalue weighted by Gasteiger charge is -2.46. The molecule has 1 fully saturated rings. The molecular formula is C17H27NO2. The Bertz CT molecular complexity index is 439. The van der Waals surface area contributed by atoms with Gasteiger partial charge in [-0.05, 0) is 57.9 Å². The molecule has 112 valence electrons. The Hall–Kier alpha value is -1.06. The molecule has 1 heterocycles. The highest BCUT2D eigenvalue weighted by Gasteiger charge is 2.35. The van der Waals surface area contributed by atoms with E-state index in [2.05, 4.69) is 25.7 Å². The number of ether oxygens (including phenoxy) is 1. The number of piperidine rings is 1. The lowest BCUT2D eigenvalue weighted by molar-refractivity contribution is -0.0243. The predicted molar refractivity (Wildman–Crippen MR) is 82.1 cm³/mol. The predicted octanol–water partition coefficient (Wildman–Crippen LogP) is 3.38. The lowest BCUT2D eigenvalue weighted by atomic mass is 9.88. The van der Waals surface area contributed by atoms with Gasteiger partial charge in [-0.15, -0.1) is 0 Å². The molecule has 0 saturated carbocycles. The third-order valence-corrected chi connectivity index (χ3v) is 4.21. The van der Waals surface area contributed by atoms with E-state index in [0.717, 1.165) is 24.3 Å². The Kier molecular flexibility index (Phi) is 4.71. The van der Waals surface area contributed by atoms with Crippen molar-refractivity contribution < 1.29 is 9.84 Å². The summed E-state index contributed by atoms with van der Waals surface area (Å²) in [5, 5.41) is 10.8. The van der Waals surface area contributed by atoms with E-state index in [4.69, 9.17) is 4.74 Å². The van der Waals surface area contributed by atoms with E-state index >= 15 is 0 Å². The summed E-state index contributed by atoms with van der Waals surface area (Å²) in [6.45, 7) is 7.74. The fourth-order valence-electron chi connectivity index (χ4n) is 3.17. The van der Waals surface area contributed by atoms with Crippen LogP contribution >= 0.6 is 0 Å². The molecule has 2 unspecified atom stereocenters. The monoisotopic (exact) mass is 277 g/mol. The summed E-state index contributed by atoms with van der Waals surface area (Å²) in [5.41, 5.74) is 1.04. The smallest absolute Gasteiger partial charge is 0.119 e. The first-order valence-electron chi connectivity index (χ1n) is 7.52. The normalized spacial score (nSPS) is 22.6. The summed E-state index contributed by atoms with van der Waals surface area (Å²) in [6.07, 6.45) is 3.01. The average molecular weight is 277 g/mol. The number of rotatable bonds is 3. The summed E-state index contributed by atoms with van der Waals surface area (Å²) in [4.78, 5) is 2.45. The van der Waals surface area contributed by atoms with E-state index in [1.54, 1.807) is 7.11 Å². The maximum absolute atomic E-state index is 10.8. The van der Waals surface area contributed by atoms with E-state index in [9.17, 15) is 5.11 Å². The molecule has 0 spiro atoms. The molecule has 2 atom stereocenters. The molecular weight excluding hydrogens is 250 g/mol. The van der Waals surface area contributed by atoms with Gasteiger partial charge in [-0.1, -0.05) is 18.6 Å². The quantitative estimate of drug-likeness (QED) is 0.919. The second-order valence-corrected chi connectivity index (χ2v) is 6.65. The zero-order valence-electron chi connectivity index (χ0n) is 13.1. The standard InChI is InChI=1S/C17H27NO2/c1-17(2,3)18-11-6-5-10-15(18)16(19)13-8-7-9-14(12-13)20-4/h7-9,12,15-16,19H,5-6,10-11H2,1-4H3. The average Bonchev–Trinajstić information content (AvgIpc) is 2.45. The van der Waals surface area contributed by atoms with E-state index in [1.165, 1.54) is 12.8 Å². The fourth-order valence-corrected chi connectivity index (χ4v) is 3.17. The van der Waals surface area contributed by atoms with Gasteiger partial charge in [0.1, 0.15) is 5.75 Å². The largest absolute Gasteiger partial charge is 0.497 e. The molecule has 3 nitrogen and oxygen atoms in total. The number of methoxy groups -OCH3 is 1. The van der Waals surface area contributed by atoms with Crippen LogP contribution < -0.4 is 4.74 Å². The molecule has 1 saturated heterocycles. The van der Waals surface area contributed by atoms with Crippen molar-refractivity contribution in [3.63, 3.8) is 0 Å². The van der Waals surface area contributed by atoms with E-state index < -0.39 is 6.10 Å². The number of hydrogen-bond acceptors (Lipinski definition) is 3. The topological polar surface area (TPSA) is 32.7 Å². The first kappa shape index (κ1) is 15.3. The Balaban J connectivity index is 2.22. The number of nitrogens with zero attached hydrogens (tertiary/aromatic N) is 1. The summed E-state index contributed by atoms with van der Waals surface area (Å²) in [7, 11) is 1.66.